The fraction of sp³-hybridized carbons (Fsp3) is 0.0476. The summed E-state index contributed by atoms with van der Waals surface area (Å²) in [4.78, 5) is 18.0. The van der Waals surface area contributed by atoms with Gasteiger partial charge in [-0.25, -0.2) is 9.67 Å². The second-order valence-corrected chi connectivity index (χ2v) is 7.04. The Morgan fingerprint density at radius 3 is 2.57 bits per heavy atom. The molecule has 0 radical (unpaired) electrons. The average Bonchev–Trinajstić information content (AvgIpc) is 3.54. The van der Waals surface area contributed by atoms with Gasteiger partial charge in [-0.05, 0) is 12.1 Å². The summed E-state index contributed by atoms with van der Waals surface area (Å²) in [6.45, 7) is 0. The molecule has 0 saturated heterocycles. The molecular formula is C21H11F3N10O. The number of halogens is 3. The number of hydrogen-bond acceptors (Lipinski definition) is 8. The zero-order chi connectivity index (χ0) is 24.6. The van der Waals surface area contributed by atoms with Crippen molar-refractivity contribution < 1.29 is 18.0 Å². The van der Waals surface area contributed by atoms with Gasteiger partial charge in [-0.2, -0.15) is 43.9 Å². The maximum Gasteiger partial charge on any atom is 0.434 e. The molecule has 0 aliphatic heterocycles. The highest BCUT2D eigenvalue weighted by Crippen LogP contribution is 2.35. The van der Waals surface area contributed by atoms with Crippen molar-refractivity contribution in [2.75, 3.05) is 5.32 Å². The van der Waals surface area contributed by atoms with Crippen LogP contribution >= 0.6 is 0 Å². The van der Waals surface area contributed by atoms with Gasteiger partial charge in [0.1, 0.15) is 11.6 Å². The predicted octanol–water partition coefficient (Wildman–Crippen LogP) is 2.93. The molecule has 4 aromatic heterocycles. The second kappa shape index (κ2) is 8.30. The molecule has 0 spiro atoms. The first kappa shape index (κ1) is 21.6. The predicted molar refractivity (Wildman–Crippen MR) is 113 cm³/mol. The number of pyridine rings is 1. The Morgan fingerprint density at radius 2 is 1.83 bits per heavy atom. The number of hydrogen-bond donors (Lipinski definition) is 1. The van der Waals surface area contributed by atoms with E-state index < -0.39 is 23.3 Å². The highest BCUT2D eigenvalue weighted by Gasteiger charge is 2.41. The lowest BCUT2D eigenvalue weighted by molar-refractivity contribution is -0.143. The van der Waals surface area contributed by atoms with E-state index in [1.54, 1.807) is 24.3 Å². The van der Waals surface area contributed by atoms with Gasteiger partial charge in [-0.1, -0.05) is 18.2 Å². The number of aromatic nitrogens is 8. The zero-order valence-corrected chi connectivity index (χ0v) is 17.3. The molecule has 5 aromatic rings. The molecule has 35 heavy (non-hydrogen) atoms. The summed E-state index contributed by atoms with van der Waals surface area (Å²) >= 11 is 0. The number of benzene rings is 1. The van der Waals surface area contributed by atoms with Crippen molar-refractivity contribution in [3.63, 3.8) is 0 Å². The van der Waals surface area contributed by atoms with E-state index in [9.17, 15) is 23.2 Å². The van der Waals surface area contributed by atoms with Crippen molar-refractivity contribution >= 4 is 22.5 Å². The average molecular weight is 476 g/mol. The molecule has 11 nitrogen and oxygen atoms in total. The SMILES string of the molecule is N#Cc1cc(NC(=O)c2cnn(-c3cnnc4ccccc34)c2C(F)(F)F)cnc1-n1nccn1. The van der Waals surface area contributed by atoms with Gasteiger partial charge in [0.15, 0.2) is 11.5 Å². The van der Waals surface area contributed by atoms with Crippen LogP contribution in [-0.2, 0) is 6.18 Å². The number of nitrogens with one attached hydrogen (secondary N) is 1. The zero-order valence-electron chi connectivity index (χ0n) is 17.3. The van der Waals surface area contributed by atoms with Crippen LogP contribution in [0.2, 0.25) is 0 Å². The van der Waals surface area contributed by atoms with Crippen LogP contribution < -0.4 is 5.32 Å². The number of anilines is 1. The van der Waals surface area contributed by atoms with Gasteiger partial charge in [-0.15, -0.1) is 4.80 Å². The van der Waals surface area contributed by atoms with Gasteiger partial charge in [-0.3, -0.25) is 4.79 Å². The van der Waals surface area contributed by atoms with Crippen LogP contribution in [0, 0.1) is 11.3 Å². The van der Waals surface area contributed by atoms with E-state index in [1.165, 1.54) is 24.7 Å². The summed E-state index contributed by atoms with van der Waals surface area (Å²) in [6, 6.07) is 9.62. The number of amides is 1. The second-order valence-electron chi connectivity index (χ2n) is 7.04. The molecule has 1 aromatic carbocycles. The minimum absolute atomic E-state index is 0.0000646. The van der Waals surface area contributed by atoms with Crippen molar-refractivity contribution in [1.29, 1.82) is 5.26 Å². The largest absolute Gasteiger partial charge is 0.434 e. The van der Waals surface area contributed by atoms with Crippen molar-refractivity contribution in [3.8, 4) is 17.6 Å². The molecule has 1 amide bonds. The smallest absolute Gasteiger partial charge is 0.320 e. The minimum atomic E-state index is -4.93. The van der Waals surface area contributed by atoms with E-state index in [0.29, 0.717) is 15.6 Å². The Hall–Kier alpha value is -5.19. The normalized spacial score (nSPS) is 11.4. The van der Waals surface area contributed by atoms with Gasteiger partial charge < -0.3 is 5.32 Å². The van der Waals surface area contributed by atoms with Gasteiger partial charge in [0.05, 0.1) is 53.4 Å². The minimum Gasteiger partial charge on any atom is -0.320 e. The molecule has 0 unspecified atom stereocenters. The van der Waals surface area contributed by atoms with Crippen LogP contribution in [0.15, 0.2) is 61.3 Å². The van der Waals surface area contributed by atoms with Crippen molar-refractivity contribution in [1.82, 2.24) is 40.0 Å². The molecule has 4 heterocycles. The third-order valence-corrected chi connectivity index (χ3v) is 4.89. The summed E-state index contributed by atoms with van der Waals surface area (Å²) in [5.74, 6) is -0.998. The summed E-state index contributed by atoms with van der Waals surface area (Å²) in [5, 5.41) is 31.4. The fourth-order valence-corrected chi connectivity index (χ4v) is 3.42. The van der Waals surface area contributed by atoms with Crippen LogP contribution in [0.5, 0.6) is 0 Å². The van der Waals surface area contributed by atoms with E-state index in [4.69, 9.17) is 0 Å². The van der Waals surface area contributed by atoms with Crippen molar-refractivity contribution in [2.24, 2.45) is 0 Å². The number of carbonyl (C=O) groups is 1. The fourth-order valence-electron chi connectivity index (χ4n) is 3.42. The molecular weight excluding hydrogens is 465 g/mol. The Morgan fingerprint density at radius 1 is 1.06 bits per heavy atom. The molecule has 172 valence electrons. The van der Waals surface area contributed by atoms with Crippen molar-refractivity contribution in [3.05, 3.63) is 78.1 Å². The van der Waals surface area contributed by atoms with Crippen molar-refractivity contribution in [2.45, 2.75) is 6.18 Å². The van der Waals surface area contributed by atoms with E-state index >= 15 is 0 Å². The lowest BCUT2D eigenvalue weighted by Crippen LogP contribution is -2.21. The van der Waals surface area contributed by atoms with E-state index in [2.05, 4.69) is 35.8 Å². The Kier molecular flexibility index (Phi) is 5.13. The summed E-state index contributed by atoms with van der Waals surface area (Å²) < 4.78 is 42.9. The summed E-state index contributed by atoms with van der Waals surface area (Å²) in [6.07, 6.45) is 0.965. The Labute approximate surface area is 193 Å². The topological polar surface area (TPSA) is 140 Å². The molecule has 0 saturated carbocycles. The molecule has 0 atom stereocenters. The van der Waals surface area contributed by atoms with E-state index in [0.717, 1.165) is 17.2 Å². The monoisotopic (exact) mass is 476 g/mol. The van der Waals surface area contributed by atoms with Gasteiger partial charge in [0.25, 0.3) is 5.91 Å². The van der Waals surface area contributed by atoms with Crippen LogP contribution in [0.25, 0.3) is 22.4 Å². The van der Waals surface area contributed by atoms with Gasteiger partial charge in [0, 0.05) is 5.39 Å². The van der Waals surface area contributed by atoms with E-state index in [1.807, 2.05) is 6.07 Å². The van der Waals surface area contributed by atoms with Crippen LogP contribution in [0.3, 0.4) is 0 Å². The number of fused-ring (bicyclic) bond motifs is 1. The molecule has 0 aliphatic carbocycles. The highest BCUT2D eigenvalue weighted by atomic mass is 19.4. The quantitative estimate of drug-likeness (QED) is 0.418. The molecule has 1 N–H and O–H groups in total. The lowest BCUT2D eigenvalue weighted by atomic mass is 10.2. The number of alkyl halides is 3. The van der Waals surface area contributed by atoms with Gasteiger partial charge in [0.2, 0.25) is 0 Å². The van der Waals surface area contributed by atoms with Crippen LogP contribution in [0.1, 0.15) is 21.6 Å². The molecule has 0 fully saturated rings. The summed E-state index contributed by atoms with van der Waals surface area (Å²) in [5.41, 5.74) is -1.65. The third-order valence-electron chi connectivity index (χ3n) is 4.89. The first-order valence-electron chi connectivity index (χ1n) is 9.81. The maximum atomic E-state index is 14.1. The first-order valence-corrected chi connectivity index (χ1v) is 9.81. The third kappa shape index (κ3) is 3.91. The maximum absolute atomic E-state index is 14.1. The standard InChI is InChI=1S/C21H11F3N10O/c22-21(23,24)18-15(10-30-33(18)17-11-27-32-16-4-2-1-3-14(16)17)20(35)31-13-7-12(8-25)19(26-9-13)34-28-5-6-29-34/h1-7,9-11H,(H,31,35). The number of rotatable bonds is 4. The molecule has 14 heteroatoms. The Bertz CT molecular complexity index is 1600. The molecule has 5 rings (SSSR count). The van der Waals surface area contributed by atoms with Crippen LogP contribution in [-0.4, -0.2) is 45.9 Å². The number of carbonyl (C=O) groups excluding carboxylic acids is 1. The Balaban J connectivity index is 1.54. The lowest BCUT2D eigenvalue weighted by Gasteiger charge is -2.14. The number of nitrogens with zero attached hydrogens (tertiary/aromatic N) is 9. The summed E-state index contributed by atoms with van der Waals surface area (Å²) in [7, 11) is 0. The number of nitriles is 1. The van der Waals surface area contributed by atoms with Gasteiger partial charge >= 0.3 is 6.18 Å². The molecule has 0 aliphatic rings. The first-order chi connectivity index (χ1) is 16.9. The highest BCUT2D eigenvalue weighted by molar-refractivity contribution is 6.05. The van der Waals surface area contributed by atoms with Crippen LogP contribution in [0.4, 0.5) is 18.9 Å². The van der Waals surface area contributed by atoms with E-state index in [-0.39, 0.29) is 22.8 Å². The molecule has 0 bridgehead atoms.